The summed E-state index contributed by atoms with van der Waals surface area (Å²) in [6.07, 6.45) is 12.5. The maximum Gasteiger partial charge on any atom is 0.0402 e. The predicted molar refractivity (Wildman–Crippen MR) is 78.3 cm³/mol. The van der Waals surface area contributed by atoms with Crippen LogP contribution < -0.4 is 0 Å². The fourth-order valence-corrected chi connectivity index (χ4v) is 0.989. The van der Waals surface area contributed by atoms with Gasteiger partial charge >= 0.3 is 0 Å². The van der Waals surface area contributed by atoms with Crippen molar-refractivity contribution < 1.29 is 41.5 Å². The first-order chi connectivity index (χ1) is 8.67. The van der Waals surface area contributed by atoms with Crippen LogP contribution in [-0.4, -0.2) is 35.1 Å². The van der Waals surface area contributed by atoms with E-state index in [1.165, 1.54) is 24.8 Å². The van der Waals surface area contributed by atoms with Crippen LogP contribution in [0.2, 0.25) is 0 Å². The average molecular weight is 351 g/mol. The van der Waals surface area contributed by atoms with Crippen molar-refractivity contribution in [1.82, 2.24) is 0 Å². The van der Waals surface area contributed by atoms with Crippen LogP contribution in [0.25, 0.3) is 0 Å². The molecular formula is C15H31O3Zr-. The Bertz CT molecular complexity index is 175. The van der Waals surface area contributed by atoms with Gasteiger partial charge in [-0.25, -0.2) is 11.6 Å². The van der Waals surface area contributed by atoms with E-state index in [0.717, 1.165) is 6.42 Å². The smallest absolute Gasteiger partial charge is 0.0402 e. The number of hydrogen-bond donors (Lipinski definition) is 3. The van der Waals surface area contributed by atoms with Crippen molar-refractivity contribution in [3.05, 3.63) is 23.8 Å². The summed E-state index contributed by atoms with van der Waals surface area (Å²) >= 11 is 0. The molecule has 1 aliphatic carbocycles. The second-order valence-corrected chi connectivity index (χ2v) is 3.36. The molecule has 0 amide bonds. The summed E-state index contributed by atoms with van der Waals surface area (Å²) < 4.78 is 0. The van der Waals surface area contributed by atoms with Gasteiger partial charge in [0.2, 0.25) is 0 Å². The Balaban J connectivity index is -0.0000000956. The van der Waals surface area contributed by atoms with E-state index >= 15 is 0 Å². The van der Waals surface area contributed by atoms with Crippen LogP contribution in [0.4, 0.5) is 0 Å². The van der Waals surface area contributed by atoms with Gasteiger partial charge in [-0.1, -0.05) is 26.2 Å². The molecule has 4 heteroatoms. The Morgan fingerprint density at radius 3 is 1.68 bits per heavy atom. The van der Waals surface area contributed by atoms with Crippen molar-refractivity contribution in [3.63, 3.8) is 0 Å². The van der Waals surface area contributed by atoms with Crippen molar-refractivity contribution in [2.45, 2.75) is 53.4 Å². The zero-order chi connectivity index (χ0) is 14.6. The molecule has 3 N–H and O–H groups in total. The first-order valence-corrected chi connectivity index (χ1v) is 6.76. The average Bonchev–Trinajstić information content (AvgIpc) is 2.82. The Morgan fingerprint density at radius 2 is 1.42 bits per heavy atom. The Morgan fingerprint density at radius 1 is 1.00 bits per heavy atom. The fraction of sp³-hybridized carbons (Fsp3) is 0.733. The molecule has 0 aliphatic heterocycles. The molecule has 19 heavy (non-hydrogen) atoms. The molecular weight excluding hydrogens is 319 g/mol. The fourth-order valence-electron chi connectivity index (χ4n) is 0.989. The van der Waals surface area contributed by atoms with Gasteiger partial charge in [0, 0.05) is 46.0 Å². The summed E-state index contributed by atoms with van der Waals surface area (Å²) in [5, 5.41) is 22.7. The van der Waals surface area contributed by atoms with Crippen LogP contribution in [-0.2, 0) is 26.2 Å². The summed E-state index contributed by atoms with van der Waals surface area (Å²) in [7, 11) is 0. The minimum atomic E-state index is 0. The Hall–Kier alpha value is 0.243. The van der Waals surface area contributed by atoms with Crippen molar-refractivity contribution in [1.29, 1.82) is 0 Å². The van der Waals surface area contributed by atoms with E-state index in [1.807, 2.05) is 0 Å². The Kier molecular flexibility index (Phi) is 44.9. The third-order valence-electron chi connectivity index (χ3n) is 1.57. The van der Waals surface area contributed by atoms with E-state index in [0.29, 0.717) is 0 Å². The topological polar surface area (TPSA) is 60.7 Å². The second-order valence-electron chi connectivity index (χ2n) is 3.36. The van der Waals surface area contributed by atoms with Crippen molar-refractivity contribution in [2.75, 3.05) is 19.8 Å². The molecule has 0 heterocycles. The van der Waals surface area contributed by atoms with E-state index < -0.39 is 0 Å². The van der Waals surface area contributed by atoms with Crippen LogP contribution >= 0.6 is 0 Å². The molecule has 0 aromatic carbocycles. The third kappa shape index (κ3) is 38.1. The van der Waals surface area contributed by atoms with Crippen LogP contribution in [0.3, 0.4) is 0 Å². The van der Waals surface area contributed by atoms with Gasteiger partial charge in [0.1, 0.15) is 0 Å². The van der Waals surface area contributed by atoms with Crippen molar-refractivity contribution in [3.8, 4) is 0 Å². The Labute approximate surface area is 138 Å². The predicted octanol–water partition coefficient (Wildman–Crippen LogP) is 2.86. The van der Waals surface area contributed by atoms with E-state index in [2.05, 4.69) is 25.2 Å². The monoisotopic (exact) mass is 349 g/mol. The minimum Gasteiger partial charge on any atom is -0.397 e. The van der Waals surface area contributed by atoms with Gasteiger partial charge in [-0.2, -0.15) is 6.08 Å². The first-order valence-electron chi connectivity index (χ1n) is 6.76. The molecule has 0 unspecified atom stereocenters. The summed E-state index contributed by atoms with van der Waals surface area (Å²) in [6, 6.07) is 0. The molecule has 0 aromatic heterocycles. The molecule has 0 atom stereocenters. The normalized spacial score (nSPS) is 10.6. The summed E-state index contributed by atoms with van der Waals surface area (Å²) in [5.74, 6) is 0. The second kappa shape index (κ2) is 30.9. The third-order valence-corrected chi connectivity index (χ3v) is 1.57. The summed E-state index contributed by atoms with van der Waals surface area (Å²) in [5.41, 5.74) is 1.41. The molecule has 1 rings (SSSR count). The molecule has 0 spiro atoms. The first kappa shape index (κ1) is 27.6. The number of aliphatic hydroxyl groups excluding tert-OH is 3. The van der Waals surface area contributed by atoms with Gasteiger partial charge in [0.25, 0.3) is 0 Å². The van der Waals surface area contributed by atoms with Gasteiger partial charge in [-0.3, -0.25) is 6.08 Å². The molecule has 0 bridgehead atoms. The standard InChI is InChI=1S/C9H13.3C2H6O.Zr/c1-2-3-6-9-7-4-5-8-9;3*1-2-3;/h4,7H,2-3,5-6H2,1H3;3*3H,2H2,1H3;/q-1;;;;. The SMILES string of the molecule is CCCCC1=[C-]CC=C1.CCO.CCO.CCO.[Zr]. The zero-order valence-corrected chi connectivity index (χ0v) is 15.4. The number of allylic oxidation sites excluding steroid dienone is 4. The molecule has 0 fully saturated rings. The molecule has 0 radical (unpaired) electrons. The van der Waals surface area contributed by atoms with E-state index in [4.69, 9.17) is 15.3 Å². The molecule has 0 saturated heterocycles. The van der Waals surface area contributed by atoms with Crippen LogP contribution in [0.5, 0.6) is 0 Å². The molecule has 0 saturated carbocycles. The van der Waals surface area contributed by atoms with Crippen LogP contribution in [0.1, 0.15) is 53.4 Å². The van der Waals surface area contributed by atoms with Crippen LogP contribution in [0, 0.1) is 6.08 Å². The molecule has 0 aromatic rings. The minimum absolute atomic E-state index is 0. The number of unbranched alkanes of at least 4 members (excludes halogenated alkanes) is 1. The molecule has 1 aliphatic rings. The number of rotatable bonds is 3. The van der Waals surface area contributed by atoms with E-state index in [9.17, 15) is 0 Å². The quantitative estimate of drug-likeness (QED) is 0.686. The maximum atomic E-state index is 7.57. The zero-order valence-electron chi connectivity index (χ0n) is 12.9. The summed E-state index contributed by atoms with van der Waals surface area (Å²) in [4.78, 5) is 0. The molecule has 3 nitrogen and oxygen atoms in total. The van der Waals surface area contributed by atoms with Gasteiger partial charge in [-0.15, -0.1) is 6.42 Å². The van der Waals surface area contributed by atoms with Crippen molar-refractivity contribution >= 4 is 0 Å². The van der Waals surface area contributed by atoms with E-state index in [1.54, 1.807) is 20.8 Å². The van der Waals surface area contributed by atoms with Gasteiger partial charge < -0.3 is 15.3 Å². The molecule has 114 valence electrons. The number of aliphatic hydroxyl groups is 3. The van der Waals surface area contributed by atoms with Crippen LogP contribution in [0.15, 0.2) is 17.7 Å². The van der Waals surface area contributed by atoms with E-state index in [-0.39, 0.29) is 46.0 Å². The largest absolute Gasteiger partial charge is 0.397 e. The van der Waals surface area contributed by atoms with Gasteiger partial charge in [0.05, 0.1) is 0 Å². The van der Waals surface area contributed by atoms with Gasteiger partial charge in [0.15, 0.2) is 0 Å². The van der Waals surface area contributed by atoms with Gasteiger partial charge in [-0.05, 0) is 20.8 Å². The summed E-state index contributed by atoms with van der Waals surface area (Å²) in [6.45, 7) is 8.01. The van der Waals surface area contributed by atoms with Crippen molar-refractivity contribution in [2.24, 2.45) is 0 Å². The number of hydrogen-bond acceptors (Lipinski definition) is 3. The maximum absolute atomic E-state index is 7.57.